The Hall–Kier alpha value is -1.51. The number of H-pyrrole nitrogens is 1. The van der Waals surface area contributed by atoms with E-state index in [4.69, 9.17) is 0 Å². The van der Waals surface area contributed by atoms with Gasteiger partial charge in [0.05, 0.1) is 0 Å². The van der Waals surface area contributed by atoms with E-state index in [0.717, 1.165) is 16.6 Å². The summed E-state index contributed by atoms with van der Waals surface area (Å²) in [5.74, 6) is 0.238. The number of benzene rings is 1. The van der Waals surface area contributed by atoms with E-state index >= 15 is 0 Å². The van der Waals surface area contributed by atoms with Gasteiger partial charge in [0.1, 0.15) is 0 Å². The van der Waals surface area contributed by atoms with Crippen molar-refractivity contribution in [3.63, 3.8) is 0 Å². The Morgan fingerprint density at radius 2 is 2.17 bits per heavy atom. The zero-order chi connectivity index (χ0) is 8.55. The maximum absolute atomic E-state index is 11.7. The minimum Gasteiger partial charge on any atom is -0.359 e. The summed E-state index contributed by atoms with van der Waals surface area (Å²) in [5.41, 5.74) is 2.05. The molecular weight excluding hydrogens is 157 g/mol. The van der Waals surface area contributed by atoms with E-state index in [-0.39, 0.29) is 5.75 Å². The molecule has 0 radical (unpaired) electrons. The van der Waals surface area contributed by atoms with Gasteiger partial charge in [-0.25, -0.2) is 0 Å². The van der Waals surface area contributed by atoms with Gasteiger partial charge in [-0.3, -0.25) is 4.94 Å². The summed E-state index contributed by atoms with van der Waals surface area (Å²) in [4.78, 5) is 6.75. The highest BCUT2D eigenvalue weighted by Gasteiger charge is 1.99. The molecule has 62 valence electrons. The highest BCUT2D eigenvalue weighted by atomic mass is 19.3. The lowest BCUT2D eigenvalue weighted by molar-refractivity contribution is -0.00603. The van der Waals surface area contributed by atoms with E-state index in [9.17, 15) is 4.53 Å². The Morgan fingerprint density at radius 1 is 1.33 bits per heavy atom. The molecule has 0 unspecified atom stereocenters. The molecule has 0 aliphatic rings. The molecule has 0 saturated heterocycles. The molecule has 0 aliphatic carbocycles. The molecule has 0 amide bonds. The predicted octanol–water partition coefficient (Wildman–Crippen LogP) is 2.74. The van der Waals surface area contributed by atoms with Crippen molar-refractivity contribution < 1.29 is 9.47 Å². The normalized spacial score (nSPS) is 10.5. The van der Waals surface area contributed by atoms with Crippen molar-refractivity contribution in [2.24, 2.45) is 0 Å². The maximum atomic E-state index is 11.7. The van der Waals surface area contributed by atoms with E-state index in [0.29, 0.717) is 0 Å². The van der Waals surface area contributed by atoms with Crippen LogP contribution in [-0.2, 0) is 0 Å². The summed E-state index contributed by atoms with van der Waals surface area (Å²) >= 11 is 0. The van der Waals surface area contributed by atoms with Crippen LogP contribution in [0.25, 0.3) is 10.9 Å². The monoisotopic (exact) mass is 165 g/mol. The fraction of sp³-hybridized carbons (Fsp3) is 0.111. The number of aromatic nitrogens is 1. The van der Waals surface area contributed by atoms with E-state index < -0.39 is 0 Å². The predicted molar refractivity (Wildman–Crippen MR) is 44.8 cm³/mol. The zero-order valence-electron chi connectivity index (χ0n) is 6.60. The molecule has 0 aliphatic heterocycles. The van der Waals surface area contributed by atoms with Gasteiger partial charge in [-0.2, -0.15) is 0 Å². The molecule has 0 bridgehead atoms. The summed E-state index contributed by atoms with van der Waals surface area (Å²) in [6, 6.07) is 6.96. The number of hydrogen-bond acceptors (Lipinski definition) is 1. The van der Waals surface area contributed by atoms with Crippen molar-refractivity contribution in [3.8, 4) is 5.75 Å². The Labute approximate surface area is 68.9 Å². The smallest absolute Gasteiger partial charge is 0.172 e. The average Bonchev–Trinajstić information content (AvgIpc) is 2.43. The second-order valence-electron chi connectivity index (χ2n) is 2.78. The van der Waals surface area contributed by atoms with Crippen molar-refractivity contribution in [2.75, 3.05) is 0 Å². The topological polar surface area (TPSA) is 25.0 Å². The van der Waals surface area contributed by atoms with Crippen LogP contribution >= 0.6 is 0 Å². The number of aryl methyl sites for hydroxylation is 1. The Balaban J connectivity index is 2.66. The summed E-state index contributed by atoms with van der Waals surface area (Å²) < 4.78 is 11.7. The largest absolute Gasteiger partial charge is 0.359 e. The first-order valence-corrected chi connectivity index (χ1v) is 3.67. The Bertz CT molecular complexity index is 408. The summed E-state index contributed by atoms with van der Waals surface area (Å²) in [6.07, 6.45) is 0. The van der Waals surface area contributed by atoms with Gasteiger partial charge in [0.15, 0.2) is 5.75 Å². The van der Waals surface area contributed by atoms with Crippen LogP contribution in [0.3, 0.4) is 0 Å². The van der Waals surface area contributed by atoms with Crippen LogP contribution in [0.4, 0.5) is 4.53 Å². The molecule has 2 rings (SSSR count). The molecule has 12 heavy (non-hydrogen) atoms. The van der Waals surface area contributed by atoms with Crippen LogP contribution in [0, 0.1) is 6.92 Å². The minimum atomic E-state index is 0.238. The minimum absolute atomic E-state index is 0.238. The molecule has 2 aromatic rings. The van der Waals surface area contributed by atoms with E-state index in [2.05, 4.69) is 9.93 Å². The summed E-state index contributed by atoms with van der Waals surface area (Å²) in [7, 11) is 0. The highest BCUT2D eigenvalue weighted by molar-refractivity contribution is 5.81. The van der Waals surface area contributed by atoms with Crippen molar-refractivity contribution in [2.45, 2.75) is 6.92 Å². The summed E-state index contributed by atoms with van der Waals surface area (Å²) in [5, 5.41) is 0.961. The van der Waals surface area contributed by atoms with Crippen molar-refractivity contribution in [1.29, 1.82) is 0 Å². The quantitative estimate of drug-likeness (QED) is 0.690. The molecule has 0 saturated carbocycles. The lowest BCUT2D eigenvalue weighted by Gasteiger charge is -1.92. The number of hydrogen-bond donors (Lipinski definition) is 1. The van der Waals surface area contributed by atoms with E-state index in [1.54, 1.807) is 18.2 Å². The first kappa shape index (κ1) is 7.16. The fourth-order valence-electron chi connectivity index (χ4n) is 1.30. The molecule has 0 atom stereocenters. The molecule has 2 nitrogen and oxygen atoms in total. The summed E-state index contributed by atoms with van der Waals surface area (Å²) in [6.45, 7) is 1.95. The average molecular weight is 165 g/mol. The van der Waals surface area contributed by atoms with Crippen LogP contribution in [-0.4, -0.2) is 4.98 Å². The maximum Gasteiger partial charge on any atom is 0.172 e. The van der Waals surface area contributed by atoms with Crippen LogP contribution in [0.5, 0.6) is 5.75 Å². The van der Waals surface area contributed by atoms with Gasteiger partial charge in [0, 0.05) is 21.1 Å². The standard InChI is InChI=1S/C9H8FNO/c1-6-4-7-5-8(12-10)2-3-9(7)11-6/h2-5,11H,1H3. The third-order valence-corrected chi connectivity index (χ3v) is 1.82. The van der Waals surface area contributed by atoms with Gasteiger partial charge in [-0.15, -0.1) is 0 Å². The molecule has 1 aromatic heterocycles. The van der Waals surface area contributed by atoms with E-state index in [1.807, 2.05) is 13.0 Å². The molecule has 1 heterocycles. The van der Waals surface area contributed by atoms with Crippen LogP contribution < -0.4 is 4.94 Å². The first-order valence-electron chi connectivity index (χ1n) is 3.67. The number of rotatable bonds is 1. The molecule has 0 fully saturated rings. The van der Waals surface area contributed by atoms with Gasteiger partial charge in [-0.1, -0.05) is 0 Å². The Morgan fingerprint density at radius 3 is 2.92 bits per heavy atom. The van der Waals surface area contributed by atoms with Crippen LogP contribution in [0.2, 0.25) is 0 Å². The third-order valence-electron chi connectivity index (χ3n) is 1.82. The Kier molecular flexibility index (Phi) is 1.50. The third kappa shape index (κ3) is 1.03. The molecule has 0 spiro atoms. The first-order chi connectivity index (χ1) is 5.79. The fourth-order valence-corrected chi connectivity index (χ4v) is 1.30. The molecular formula is C9H8FNO. The second-order valence-corrected chi connectivity index (χ2v) is 2.78. The lowest BCUT2D eigenvalue weighted by Crippen LogP contribution is -1.74. The molecule has 1 N–H and O–H groups in total. The molecule has 1 aromatic carbocycles. The van der Waals surface area contributed by atoms with Gasteiger partial charge >= 0.3 is 0 Å². The van der Waals surface area contributed by atoms with Crippen molar-refractivity contribution in [3.05, 3.63) is 30.0 Å². The van der Waals surface area contributed by atoms with Crippen molar-refractivity contribution in [1.82, 2.24) is 4.98 Å². The number of nitrogens with one attached hydrogen (secondary N) is 1. The number of halogens is 1. The van der Waals surface area contributed by atoms with Crippen LogP contribution in [0.1, 0.15) is 5.69 Å². The van der Waals surface area contributed by atoms with Gasteiger partial charge in [0.2, 0.25) is 0 Å². The van der Waals surface area contributed by atoms with Gasteiger partial charge in [0.25, 0.3) is 0 Å². The van der Waals surface area contributed by atoms with Crippen molar-refractivity contribution >= 4 is 10.9 Å². The number of fused-ring (bicyclic) bond motifs is 1. The second kappa shape index (κ2) is 2.52. The zero-order valence-corrected chi connectivity index (χ0v) is 6.60. The number of aromatic amines is 1. The molecule has 3 heteroatoms. The van der Waals surface area contributed by atoms with Crippen LogP contribution in [0.15, 0.2) is 24.3 Å². The van der Waals surface area contributed by atoms with E-state index in [1.165, 1.54) is 0 Å². The lowest BCUT2D eigenvalue weighted by atomic mass is 10.2. The highest BCUT2D eigenvalue weighted by Crippen LogP contribution is 2.21. The van der Waals surface area contributed by atoms with Gasteiger partial charge < -0.3 is 4.98 Å². The SMILES string of the molecule is Cc1cc2cc(OF)ccc2[nH]1. The van der Waals surface area contributed by atoms with Gasteiger partial charge in [-0.05, 0) is 31.2 Å².